The van der Waals surface area contributed by atoms with Crippen LogP contribution in [0.3, 0.4) is 0 Å². The highest BCUT2D eigenvalue weighted by Gasteiger charge is 2.41. The summed E-state index contributed by atoms with van der Waals surface area (Å²) in [4.78, 5) is 0. The maximum Gasteiger partial charge on any atom is 0.172 e. The van der Waals surface area contributed by atoms with Crippen molar-refractivity contribution in [2.75, 3.05) is 0 Å². The average molecular weight is 594 g/mol. The number of para-hydroxylation sites is 1. The topological polar surface area (TPSA) is 22.0 Å². The lowest BCUT2D eigenvalue weighted by molar-refractivity contribution is 0.593. The third kappa shape index (κ3) is 3.86. The lowest BCUT2D eigenvalue weighted by atomic mass is 9.97. The van der Waals surface area contributed by atoms with E-state index in [-0.39, 0.29) is 0 Å². The van der Waals surface area contributed by atoms with Gasteiger partial charge in [-0.15, -0.1) is 0 Å². The third-order valence-corrected chi connectivity index (χ3v) is 12.3. The van der Waals surface area contributed by atoms with Crippen molar-refractivity contribution in [3.8, 4) is 39.1 Å². The van der Waals surface area contributed by atoms with Crippen LogP contribution in [0.25, 0.3) is 60.9 Å². The van der Waals surface area contributed by atoms with Gasteiger partial charge in [-0.2, -0.15) is 0 Å². The lowest BCUT2D eigenvalue weighted by Crippen LogP contribution is -2.20. The Hall–Kier alpha value is -5.43. The van der Waals surface area contributed by atoms with E-state index in [0.29, 0.717) is 0 Å². The summed E-state index contributed by atoms with van der Waals surface area (Å²) in [7, 11) is -3.09. The van der Waals surface area contributed by atoms with Gasteiger partial charge in [0.15, 0.2) is 7.14 Å². The Morgan fingerprint density at radius 3 is 1.71 bits per heavy atom. The number of nitrogens with zero attached hydrogens (tertiary/aromatic N) is 1. The maximum atomic E-state index is 15.4. The lowest BCUT2D eigenvalue weighted by Gasteiger charge is -2.17. The van der Waals surface area contributed by atoms with Crippen LogP contribution in [0.5, 0.6) is 0 Å². The first-order chi connectivity index (χ1) is 22.2. The van der Waals surface area contributed by atoms with Crippen molar-refractivity contribution >= 4 is 44.9 Å². The Balaban J connectivity index is 1.43. The molecular formula is C42H28NOP. The molecule has 0 amide bonds. The Kier molecular flexibility index (Phi) is 5.81. The van der Waals surface area contributed by atoms with Gasteiger partial charge in [-0.3, -0.25) is 0 Å². The predicted molar refractivity (Wildman–Crippen MR) is 190 cm³/mol. The number of aromatic nitrogens is 1. The molecule has 0 spiro atoms. The zero-order valence-corrected chi connectivity index (χ0v) is 25.4. The van der Waals surface area contributed by atoms with Crippen LogP contribution in [0, 0.1) is 0 Å². The molecule has 0 saturated carbocycles. The van der Waals surface area contributed by atoms with E-state index in [0.717, 1.165) is 60.3 Å². The maximum absolute atomic E-state index is 15.4. The molecule has 0 bridgehead atoms. The molecule has 7 aromatic carbocycles. The van der Waals surface area contributed by atoms with E-state index < -0.39 is 7.14 Å². The predicted octanol–water partition coefficient (Wildman–Crippen LogP) is 9.74. The van der Waals surface area contributed by atoms with Crippen LogP contribution in [0.15, 0.2) is 170 Å². The van der Waals surface area contributed by atoms with Crippen LogP contribution >= 0.6 is 7.14 Å². The number of fused-ring (bicyclic) bond motifs is 7. The number of hydrogen-bond acceptors (Lipinski definition) is 1. The molecule has 1 aromatic heterocycles. The molecule has 1 atom stereocenters. The fourth-order valence-electron chi connectivity index (χ4n) is 7.18. The molecule has 45 heavy (non-hydrogen) atoms. The molecule has 0 fully saturated rings. The van der Waals surface area contributed by atoms with Gasteiger partial charge in [0.2, 0.25) is 0 Å². The molecule has 1 aliphatic rings. The van der Waals surface area contributed by atoms with Crippen molar-refractivity contribution < 1.29 is 4.57 Å². The number of rotatable bonds is 4. The van der Waals surface area contributed by atoms with Crippen molar-refractivity contribution in [1.82, 2.24) is 4.57 Å². The highest BCUT2D eigenvalue weighted by atomic mass is 31.2. The van der Waals surface area contributed by atoms with Crippen LogP contribution in [-0.4, -0.2) is 4.57 Å². The molecule has 0 radical (unpaired) electrons. The molecule has 0 N–H and O–H groups in total. The van der Waals surface area contributed by atoms with E-state index in [1.54, 1.807) is 0 Å². The molecule has 1 unspecified atom stereocenters. The molecule has 1 aliphatic heterocycles. The average Bonchev–Trinajstić information content (AvgIpc) is 3.60. The Bertz CT molecular complexity index is 2390. The summed E-state index contributed by atoms with van der Waals surface area (Å²) < 4.78 is 17.8. The van der Waals surface area contributed by atoms with Crippen LogP contribution < -0.4 is 15.9 Å². The largest absolute Gasteiger partial charge is 0.309 e. The molecule has 2 nitrogen and oxygen atoms in total. The molecule has 0 aliphatic carbocycles. The van der Waals surface area contributed by atoms with Gasteiger partial charge in [0, 0.05) is 37.9 Å². The van der Waals surface area contributed by atoms with Gasteiger partial charge in [0.1, 0.15) is 0 Å². The fourth-order valence-corrected chi connectivity index (χ4v) is 10.2. The Labute approximate surface area is 262 Å². The monoisotopic (exact) mass is 593 g/mol. The minimum atomic E-state index is -3.09. The summed E-state index contributed by atoms with van der Waals surface area (Å²) in [5.41, 5.74) is 10.1. The van der Waals surface area contributed by atoms with E-state index >= 15 is 4.57 Å². The van der Waals surface area contributed by atoms with E-state index in [9.17, 15) is 0 Å². The van der Waals surface area contributed by atoms with Crippen LogP contribution in [0.2, 0.25) is 0 Å². The first-order valence-electron chi connectivity index (χ1n) is 15.3. The van der Waals surface area contributed by atoms with Gasteiger partial charge in [0.05, 0.1) is 11.0 Å². The number of benzene rings is 7. The summed E-state index contributed by atoms with van der Waals surface area (Å²) in [6.07, 6.45) is 0. The van der Waals surface area contributed by atoms with Crippen LogP contribution in [-0.2, 0) is 4.57 Å². The zero-order valence-electron chi connectivity index (χ0n) is 24.5. The molecular weight excluding hydrogens is 565 g/mol. The highest BCUT2D eigenvalue weighted by Crippen LogP contribution is 2.54. The first kappa shape index (κ1) is 26.0. The summed E-state index contributed by atoms with van der Waals surface area (Å²) in [5.74, 6) is 0. The number of hydrogen-bond donors (Lipinski definition) is 0. The Morgan fingerprint density at radius 1 is 0.444 bits per heavy atom. The van der Waals surface area contributed by atoms with Gasteiger partial charge in [0.25, 0.3) is 0 Å². The Morgan fingerprint density at radius 2 is 1.02 bits per heavy atom. The van der Waals surface area contributed by atoms with Crippen molar-refractivity contribution in [2.45, 2.75) is 0 Å². The SMILES string of the molecule is O=P1(c2ccccc2)c2ccccc2-c2c1ccc1c3ccccc3n(-c3cc(-c4ccccc4)cc(-c4ccccc4)c3)c21. The van der Waals surface area contributed by atoms with Crippen molar-refractivity contribution in [1.29, 1.82) is 0 Å². The summed E-state index contributed by atoms with van der Waals surface area (Å²) >= 11 is 0. The van der Waals surface area contributed by atoms with Crippen LogP contribution in [0.4, 0.5) is 0 Å². The molecule has 212 valence electrons. The third-order valence-electron chi connectivity index (χ3n) is 9.18. The minimum Gasteiger partial charge on any atom is -0.309 e. The quantitative estimate of drug-likeness (QED) is 0.186. The highest BCUT2D eigenvalue weighted by molar-refractivity contribution is 7.86. The second-order valence-corrected chi connectivity index (χ2v) is 14.4. The molecule has 0 saturated heterocycles. The van der Waals surface area contributed by atoms with Crippen molar-refractivity contribution in [3.63, 3.8) is 0 Å². The normalized spacial score (nSPS) is 15.3. The van der Waals surface area contributed by atoms with Crippen molar-refractivity contribution in [3.05, 3.63) is 170 Å². The van der Waals surface area contributed by atoms with Gasteiger partial charge >= 0.3 is 0 Å². The summed E-state index contributed by atoms with van der Waals surface area (Å²) in [5, 5.41) is 5.04. The van der Waals surface area contributed by atoms with Gasteiger partial charge in [-0.25, -0.2) is 0 Å². The van der Waals surface area contributed by atoms with Crippen LogP contribution in [0.1, 0.15) is 0 Å². The molecule has 2 heterocycles. The minimum absolute atomic E-state index is 0.871. The second-order valence-electron chi connectivity index (χ2n) is 11.7. The fraction of sp³-hybridized carbons (Fsp3) is 0. The van der Waals surface area contributed by atoms with E-state index in [1.807, 2.05) is 36.4 Å². The van der Waals surface area contributed by atoms with Gasteiger partial charge in [-0.05, 0) is 58.1 Å². The van der Waals surface area contributed by atoms with Gasteiger partial charge < -0.3 is 9.13 Å². The standard InChI is InChI=1S/C42H28NOP/c44-45(34-18-8-3-9-19-34)39-23-13-11-21-37(39)41-40(45)25-24-36-35-20-10-12-22-38(35)43(42(36)41)33-27-31(29-14-4-1-5-15-29)26-32(28-33)30-16-6-2-7-17-30/h1-28H. The first-order valence-corrected chi connectivity index (χ1v) is 17.0. The zero-order chi connectivity index (χ0) is 30.0. The smallest absolute Gasteiger partial charge is 0.172 e. The van der Waals surface area contributed by atoms with E-state index in [2.05, 4.69) is 138 Å². The van der Waals surface area contributed by atoms with Gasteiger partial charge in [-0.1, -0.05) is 140 Å². The van der Waals surface area contributed by atoms with E-state index in [1.165, 1.54) is 16.5 Å². The summed E-state index contributed by atoms with van der Waals surface area (Å²) in [6.45, 7) is 0. The van der Waals surface area contributed by atoms with Crippen molar-refractivity contribution in [2.24, 2.45) is 0 Å². The molecule has 8 aromatic rings. The molecule has 3 heteroatoms. The molecule has 9 rings (SSSR count). The van der Waals surface area contributed by atoms with E-state index in [4.69, 9.17) is 0 Å². The summed E-state index contributed by atoms with van der Waals surface area (Å²) in [6, 6.07) is 59.3. The second kappa shape index (κ2) is 10.1.